The van der Waals surface area contributed by atoms with Gasteiger partial charge in [-0.1, -0.05) is 0 Å². The largest absolute Gasteiger partial charge is 0.419 e. The van der Waals surface area contributed by atoms with Crippen molar-refractivity contribution in [2.45, 2.75) is 25.7 Å². The van der Waals surface area contributed by atoms with E-state index in [9.17, 15) is 9.59 Å². The van der Waals surface area contributed by atoms with E-state index in [1.54, 1.807) is 5.94 Å². The van der Waals surface area contributed by atoms with E-state index in [0.717, 1.165) is 12.8 Å². The first-order valence-corrected chi connectivity index (χ1v) is 3.69. The molecule has 1 aliphatic heterocycles. The van der Waals surface area contributed by atoms with Gasteiger partial charge in [0.05, 0.1) is 6.42 Å². The van der Waals surface area contributed by atoms with E-state index >= 15 is 0 Å². The summed E-state index contributed by atoms with van der Waals surface area (Å²) in [7, 11) is 0. The fourth-order valence-electron chi connectivity index (χ4n) is 1.51. The molecule has 1 spiro atoms. The zero-order chi connectivity index (χ0) is 7.90. The van der Waals surface area contributed by atoms with Crippen LogP contribution < -0.4 is 0 Å². The fourth-order valence-corrected chi connectivity index (χ4v) is 1.51. The molecule has 0 unspecified atom stereocenters. The highest BCUT2D eigenvalue weighted by atomic mass is 16.5. The summed E-state index contributed by atoms with van der Waals surface area (Å²) in [6.07, 6.45) is 3.20. The topological polar surface area (TPSA) is 43.4 Å². The zero-order valence-electron chi connectivity index (χ0n) is 6.05. The predicted molar refractivity (Wildman–Crippen MR) is 36.2 cm³/mol. The van der Waals surface area contributed by atoms with Crippen molar-refractivity contribution < 1.29 is 14.3 Å². The van der Waals surface area contributed by atoms with Crippen molar-refractivity contribution in [3.05, 3.63) is 5.76 Å². The third-order valence-corrected chi connectivity index (χ3v) is 2.36. The maximum absolute atomic E-state index is 10.9. The number of hydrogen-bond donors (Lipinski definition) is 0. The smallest absolute Gasteiger partial charge is 0.312 e. The summed E-state index contributed by atoms with van der Waals surface area (Å²) >= 11 is 0. The Balaban J connectivity index is 2.20. The van der Waals surface area contributed by atoms with E-state index in [4.69, 9.17) is 0 Å². The van der Waals surface area contributed by atoms with Crippen molar-refractivity contribution in [2.24, 2.45) is 5.41 Å². The number of esters is 1. The molecule has 11 heavy (non-hydrogen) atoms. The van der Waals surface area contributed by atoms with Crippen molar-refractivity contribution in [3.8, 4) is 0 Å². The molecule has 0 atom stereocenters. The first-order chi connectivity index (χ1) is 5.24. The molecule has 0 radical (unpaired) electrons. The lowest BCUT2D eigenvalue weighted by atomic mass is 9.95. The Morgan fingerprint density at radius 1 is 1.36 bits per heavy atom. The molecule has 2 rings (SSSR count). The first kappa shape index (κ1) is 6.62. The van der Waals surface area contributed by atoms with E-state index in [1.807, 2.05) is 0 Å². The third kappa shape index (κ3) is 1.08. The average Bonchev–Trinajstić information content (AvgIpc) is 2.67. The molecule has 1 saturated carbocycles. The lowest BCUT2D eigenvalue weighted by molar-refractivity contribution is -0.144. The fraction of sp³-hybridized carbons (Fsp3) is 0.625. The minimum atomic E-state index is -0.271. The number of allylic oxidation sites excluding steroid dienone is 1. The lowest BCUT2D eigenvalue weighted by Gasteiger charge is -2.19. The van der Waals surface area contributed by atoms with Crippen LogP contribution in [-0.4, -0.2) is 11.9 Å². The Kier molecular flexibility index (Phi) is 1.18. The highest BCUT2D eigenvalue weighted by molar-refractivity contribution is 5.75. The number of carbonyl (C=O) groups is 1. The summed E-state index contributed by atoms with van der Waals surface area (Å²) in [6, 6.07) is 0. The first-order valence-electron chi connectivity index (χ1n) is 3.69. The van der Waals surface area contributed by atoms with E-state index < -0.39 is 0 Å². The molecule has 58 valence electrons. The van der Waals surface area contributed by atoms with Gasteiger partial charge >= 0.3 is 5.97 Å². The quantitative estimate of drug-likeness (QED) is 0.381. The Bertz CT molecular complexity index is 257. The minimum Gasteiger partial charge on any atom is -0.419 e. The number of cyclic esters (lactones) is 1. The van der Waals surface area contributed by atoms with Gasteiger partial charge < -0.3 is 4.74 Å². The molecule has 0 N–H and O–H groups in total. The second kappa shape index (κ2) is 1.95. The van der Waals surface area contributed by atoms with Gasteiger partial charge in [0, 0.05) is 6.42 Å². The minimum absolute atomic E-state index is 0.0993. The van der Waals surface area contributed by atoms with Crippen LogP contribution in [0, 0.1) is 5.41 Å². The van der Waals surface area contributed by atoms with Gasteiger partial charge in [0.25, 0.3) is 0 Å². The van der Waals surface area contributed by atoms with Gasteiger partial charge in [-0.2, -0.15) is 0 Å². The molecule has 0 aromatic rings. The van der Waals surface area contributed by atoms with Crippen LogP contribution in [0.2, 0.25) is 0 Å². The summed E-state index contributed by atoms with van der Waals surface area (Å²) in [5, 5.41) is 0. The van der Waals surface area contributed by atoms with Gasteiger partial charge in [-0.05, 0) is 18.3 Å². The molecular formula is C8H8O3. The lowest BCUT2D eigenvalue weighted by Crippen LogP contribution is -2.20. The van der Waals surface area contributed by atoms with Gasteiger partial charge in [-0.15, -0.1) is 0 Å². The Morgan fingerprint density at radius 3 is 2.64 bits per heavy atom. The van der Waals surface area contributed by atoms with E-state index in [-0.39, 0.29) is 17.1 Å². The van der Waals surface area contributed by atoms with Gasteiger partial charge in [-0.25, -0.2) is 4.79 Å². The van der Waals surface area contributed by atoms with Crippen LogP contribution in [-0.2, 0) is 14.3 Å². The highest BCUT2D eigenvalue weighted by Crippen LogP contribution is 2.55. The summed E-state index contributed by atoms with van der Waals surface area (Å²) < 4.78 is 4.67. The number of ether oxygens (including phenoxy) is 1. The molecule has 1 heterocycles. The van der Waals surface area contributed by atoms with E-state index in [2.05, 4.69) is 4.74 Å². The van der Waals surface area contributed by atoms with Crippen molar-refractivity contribution in [1.29, 1.82) is 0 Å². The summed E-state index contributed by atoms with van der Waals surface area (Å²) in [5.74, 6) is 1.58. The van der Waals surface area contributed by atoms with Crippen LogP contribution in [0.1, 0.15) is 25.7 Å². The predicted octanol–water partition coefficient (Wildman–Crippen LogP) is 0.819. The van der Waals surface area contributed by atoms with E-state index in [1.165, 1.54) is 0 Å². The van der Waals surface area contributed by atoms with Crippen LogP contribution >= 0.6 is 0 Å². The Labute approximate surface area is 64.0 Å². The SMILES string of the molecule is O=C=C1CC2(CC2)CC(=O)O1. The molecular weight excluding hydrogens is 144 g/mol. The standard InChI is InChI=1S/C8H8O3/c9-5-6-3-8(1-2-8)4-7(10)11-6/h1-4H2. The molecule has 2 aliphatic rings. The van der Waals surface area contributed by atoms with Crippen LogP contribution in [0.4, 0.5) is 0 Å². The maximum atomic E-state index is 10.9. The van der Waals surface area contributed by atoms with Gasteiger partial charge in [0.1, 0.15) is 0 Å². The highest BCUT2D eigenvalue weighted by Gasteiger charge is 2.49. The van der Waals surface area contributed by atoms with Crippen LogP contribution in [0.5, 0.6) is 0 Å². The molecule has 2 fully saturated rings. The molecule has 0 amide bonds. The number of hydrogen-bond acceptors (Lipinski definition) is 3. The second-order valence-corrected chi connectivity index (χ2v) is 3.35. The molecule has 3 heteroatoms. The van der Waals surface area contributed by atoms with Crippen molar-refractivity contribution in [3.63, 3.8) is 0 Å². The monoisotopic (exact) mass is 152 g/mol. The summed E-state index contributed by atoms with van der Waals surface area (Å²) in [6.45, 7) is 0. The molecule has 1 aliphatic carbocycles. The molecule has 0 bridgehead atoms. The van der Waals surface area contributed by atoms with Gasteiger partial charge in [0.15, 0.2) is 11.7 Å². The van der Waals surface area contributed by atoms with Gasteiger partial charge in [0.2, 0.25) is 0 Å². The Hall–Kier alpha value is -1.08. The molecule has 1 saturated heterocycles. The number of carbonyl (C=O) groups excluding carboxylic acids is 2. The maximum Gasteiger partial charge on any atom is 0.312 e. The van der Waals surface area contributed by atoms with Crippen molar-refractivity contribution in [1.82, 2.24) is 0 Å². The summed E-state index contributed by atoms with van der Waals surface area (Å²) in [4.78, 5) is 21.0. The third-order valence-electron chi connectivity index (χ3n) is 2.36. The zero-order valence-corrected chi connectivity index (χ0v) is 6.05. The van der Waals surface area contributed by atoms with Crippen LogP contribution in [0.15, 0.2) is 5.76 Å². The van der Waals surface area contributed by atoms with Crippen LogP contribution in [0.25, 0.3) is 0 Å². The second-order valence-electron chi connectivity index (χ2n) is 3.35. The van der Waals surface area contributed by atoms with Crippen LogP contribution in [0.3, 0.4) is 0 Å². The Morgan fingerprint density at radius 2 is 2.09 bits per heavy atom. The molecule has 0 aromatic heterocycles. The summed E-state index contributed by atoms with van der Waals surface area (Å²) in [5.41, 5.74) is 0.0993. The number of rotatable bonds is 0. The normalized spacial score (nSPS) is 26.2. The van der Waals surface area contributed by atoms with Gasteiger partial charge in [-0.3, -0.25) is 4.79 Å². The van der Waals surface area contributed by atoms with E-state index in [0.29, 0.717) is 12.8 Å². The van der Waals surface area contributed by atoms with Crippen molar-refractivity contribution >= 4 is 11.9 Å². The molecule has 3 nitrogen and oxygen atoms in total. The molecule has 0 aromatic carbocycles. The van der Waals surface area contributed by atoms with Crippen molar-refractivity contribution in [2.75, 3.05) is 0 Å². The average molecular weight is 152 g/mol.